The molecule has 2 heterocycles. The van der Waals surface area contributed by atoms with Gasteiger partial charge >= 0.3 is 0 Å². The van der Waals surface area contributed by atoms with E-state index < -0.39 is 0 Å². The summed E-state index contributed by atoms with van der Waals surface area (Å²) in [5.41, 5.74) is 2.88. The van der Waals surface area contributed by atoms with Gasteiger partial charge in [0.05, 0.1) is 29.0 Å². The molecule has 1 N–H and O–H groups in total. The van der Waals surface area contributed by atoms with E-state index in [2.05, 4.69) is 15.3 Å². The second-order valence-corrected chi connectivity index (χ2v) is 4.62. The molecule has 18 heavy (non-hydrogen) atoms. The van der Waals surface area contributed by atoms with Crippen LogP contribution in [0.3, 0.4) is 0 Å². The minimum Gasteiger partial charge on any atom is -0.377 e. The summed E-state index contributed by atoms with van der Waals surface area (Å²) in [5.74, 6) is 0. The van der Waals surface area contributed by atoms with Gasteiger partial charge in [0, 0.05) is 19.7 Å². The maximum Gasteiger partial charge on any atom is 0.0890 e. The summed E-state index contributed by atoms with van der Waals surface area (Å²) < 4.78 is 5.56. The molecule has 1 aromatic heterocycles. The van der Waals surface area contributed by atoms with Gasteiger partial charge in [-0.05, 0) is 25.0 Å². The molecule has 0 aliphatic carbocycles. The van der Waals surface area contributed by atoms with E-state index >= 15 is 0 Å². The van der Waals surface area contributed by atoms with Gasteiger partial charge in [-0.2, -0.15) is 0 Å². The van der Waals surface area contributed by atoms with E-state index in [1.54, 1.807) is 0 Å². The van der Waals surface area contributed by atoms with Gasteiger partial charge in [0.2, 0.25) is 0 Å². The average Bonchev–Trinajstić information content (AvgIpc) is 2.92. The zero-order chi connectivity index (χ0) is 12.2. The maximum absolute atomic E-state index is 5.56. The van der Waals surface area contributed by atoms with Crippen LogP contribution in [0, 0.1) is 0 Å². The monoisotopic (exact) mass is 243 g/mol. The number of nitrogens with one attached hydrogen (secondary N) is 1. The second-order valence-electron chi connectivity index (χ2n) is 4.62. The smallest absolute Gasteiger partial charge is 0.0890 e. The molecular weight excluding hydrogens is 226 g/mol. The molecule has 0 bridgehead atoms. The molecule has 3 rings (SSSR count). The molecular formula is C14H17N3O. The molecule has 1 saturated heterocycles. The zero-order valence-electron chi connectivity index (χ0n) is 10.3. The number of hydrogen-bond donors (Lipinski definition) is 1. The number of fused-ring (bicyclic) bond motifs is 1. The number of rotatable bonds is 4. The number of benzene rings is 1. The maximum atomic E-state index is 5.56. The Morgan fingerprint density at radius 1 is 1.28 bits per heavy atom. The highest BCUT2D eigenvalue weighted by Gasteiger charge is 2.14. The Morgan fingerprint density at radius 3 is 3.00 bits per heavy atom. The van der Waals surface area contributed by atoms with Crippen LogP contribution in [-0.2, 0) is 11.3 Å². The van der Waals surface area contributed by atoms with Crippen LogP contribution in [0.2, 0.25) is 0 Å². The molecule has 1 atom stereocenters. The molecule has 0 saturated carbocycles. The van der Waals surface area contributed by atoms with Gasteiger partial charge in [-0.15, -0.1) is 0 Å². The van der Waals surface area contributed by atoms with Crippen molar-refractivity contribution < 1.29 is 4.74 Å². The number of hydrogen-bond acceptors (Lipinski definition) is 4. The lowest BCUT2D eigenvalue weighted by Gasteiger charge is -2.10. The van der Waals surface area contributed by atoms with Crippen LogP contribution >= 0.6 is 0 Å². The average molecular weight is 243 g/mol. The van der Waals surface area contributed by atoms with Crippen molar-refractivity contribution in [2.45, 2.75) is 25.5 Å². The summed E-state index contributed by atoms with van der Waals surface area (Å²) in [6.07, 6.45) is 4.56. The predicted octanol–water partition coefficient (Wildman–Crippen LogP) is 1.90. The van der Waals surface area contributed by atoms with E-state index in [1.165, 1.54) is 6.42 Å². The molecule has 1 fully saturated rings. The van der Waals surface area contributed by atoms with E-state index in [4.69, 9.17) is 4.74 Å². The third-order valence-corrected chi connectivity index (χ3v) is 3.20. The van der Waals surface area contributed by atoms with Crippen molar-refractivity contribution in [3.8, 4) is 0 Å². The molecule has 0 amide bonds. The normalized spacial score (nSPS) is 19.4. The van der Waals surface area contributed by atoms with E-state index in [9.17, 15) is 0 Å². The largest absolute Gasteiger partial charge is 0.377 e. The van der Waals surface area contributed by atoms with E-state index in [-0.39, 0.29) is 0 Å². The predicted molar refractivity (Wildman–Crippen MR) is 70.2 cm³/mol. The Bertz CT molecular complexity index is 523. The van der Waals surface area contributed by atoms with Crippen molar-refractivity contribution >= 4 is 11.0 Å². The summed E-state index contributed by atoms with van der Waals surface area (Å²) in [6, 6.07) is 7.94. The van der Waals surface area contributed by atoms with Crippen molar-refractivity contribution in [1.82, 2.24) is 15.3 Å². The third-order valence-electron chi connectivity index (χ3n) is 3.20. The van der Waals surface area contributed by atoms with Crippen LogP contribution in [0.4, 0.5) is 0 Å². The van der Waals surface area contributed by atoms with Gasteiger partial charge in [0.25, 0.3) is 0 Å². The quantitative estimate of drug-likeness (QED) is 0.891. The lowest BCUT2D eigenvalue weighted by atomic mass is 10.2. The molecule has 0 spiro atoms. The highest BCUT2D eigenvalue weighted by atomic mass is 16.5. The molecule has 1 unspecified atom stereocenters. The van der Waals surface area contributed by atoms with Crippen molar-refractivity contribution in [1.29, 1.82) is 0 Å². The molecule has 0 radical (unpaired) electrons. The number of aromatic nitrogens is 2. The molecule has 94 valence electrons. The summed E-state index contributed by atoms with van der Waals surface area (Å²) in [5, 5.41) is 3.38. The van der Waals surface area contributed by atoms with Crippen LogP contribution in [0.5, 0.6) is 0 Å². The molecule has 1 aliphatic heterocycles. The summed E-state index contributed by atoms with van der Waals surface area (Å²) >= 11 is 0. The summed E-state index contributed by atoms with van der Waals surface area (Å²) in [7, 11) is 0. The number of para-hydroxylation sites is 2. The van der Waals surface area contributed by atoms with Crippen LogP contribution in [-0.4, -0.2) is 29.2 Å². The first-order chi connectivity index (χ1) is 8.92. The Morgan fingerprint density at radius 2 is 2.17 bits per heavy atom. The third kappa shape index (κ3) is 2.66. The second kappa shape index (κ2) is 5.42. The van der Waals surface area contributed by atoms with Gasteiger partial charge in [0.15, 0.2) is 0 Å². The Balaban J connectivity index is 1.60. The van der Waals surface area contributed by atoms with Crippen LogP contribution in [0.25, 0.3) is 11.0 Å². The van der Waals surface area contributed by atoms with Crippen LogP contribution in [0.15, 0.2) is 30.5 Å². The number of nitrogens with zero attached hydrogens (tertiary/aromatic N) is 2. The van der Waals surface area contributed by atoms with Crippen molar-refractivity contribution in [3.05, 3.63) is 36.2 Å². The molecule has 1 aromatic carbocycles. The van der Waals surface area contributed by atoms with Gasteiger partial charge in [-0.1, -0.05) is 12.1 Å². The fourth-order valence-electron chi connectivity index (χ4n) is 2.25. The van der Waals surface area contributed by atoms with E-state index in [0.717, 1.165) is 42.8 Å². The molecule has 4 heteroatoms. The molecule has 4 nitrogen and oxygen atoms in total. The Kier molecular flexibility index (Phi) is 3.48. The summed E-state index contributed by atoms with van der Waals surface area (Å²) in [6.45, 7) is 2.55. The van der Waals surface area contributed by atoms with Crippen molar-refractivity contribution in [2.75, 3.05) is 13.2 Å². The van der Waals surface area contributed by atoms with Crippen molar-refractivity contribution in [3.63, 3.8) is 0 Å². The van der Waals surface area contributed by atoms with Gasteiger partial charge < -0.3 is 10.1 Å². The van der Waals surface area contributed by atoms with Crippen LogP contribution < -0.4 is 5.32 Å². The standard InChI is InChI=1S/C14H17N3O/c1-2-6-14-13(5-1)16-9-11(17-14)8-15-10-12-4-3-7-18-12/h1-2,5-6,9,12,15H,3-4,7-8,10H2. The van der Waals surface area contributed by atoms with E-state index in [0.29, 0.717) is 6.10 Å². The SMILES string of the molecule is c1ccc2nc(CNCC3CCCO3)cnc2c1. The van der Waals surface area contributed by atoms with Crippen LogP contribution in [0.1, 0.15) is 18.5 Å². The highest BCUT2D eigenvalue weighted by Crippen LogP contribution is 2.11. The minimum atomic E-state index is 0.374. The van der Waals surface area contributed by atoms with Gasteiger partial charge in [-0.3, -0.25) is 4.98 Å². The van der Waals surface area contributed by atoms with E-state index in [1.807, 2.05) is 30.5 Å². The lowest BCUT2D eigenvalue weighted by molar-refractivity contribution is 0.110. The zero-order valence-corrected chi connectivity index (χ0v) is 10.3. The highest BCUT2D eigenvalue weighted by molar-refractivity contribution is 5.73. The topological polar surface area (TPSA) is 47.0 Å². The lowest BCUT2D eigenvalue weighted by Crippen LogP contribution is -2.26. The Labute approximate surface area is 106 Å². The first-order valence-electron chi connectivity index (χ1n) is 6.45. The molecule has 2 aromatic rings. The minimum absolute atomic E-state index is 0.374. The first-order valence-corrected chi connectivity index (χ1v) is 6.45. The Hall–Kier alpha value is -1.52. The van der Waals surface area contributed by atoms with Gasteiger partial charge in [0.1, 0.15) is 0 Å². The fourth-order valence-corrected chi connectivity index (χ4v) is 2.25. The van der Waals surface area contributed by atoms with Gasteiger partial charge in [-0.25, -0.2) is 4.98 Å². The molecule has 1 aliphatic rings. The van der Waals surface area contributed by atoms with Crippen molar-refractivity contribution in [2.24, 2.45) is 0 Å². The summed E-state index contributed by atoms with van der Waals surface area (Å²) in [4.78, 5) is 8.97. The fraction of sp³-hybridized carbons (Fsp3) is 0.429. The first kappa shape index (κ1) is 11.6. The number of ether oxygens (including phenoxy) is 1.